The zero-order valence-electron chi connectivity index (χ0n) is 15.7. The van der Waals surface area contributed by atoms with Crippen LogP contribution >= 0.6 is 24.0 Å². The maximum Gasteiger partial charge on any atom is 0.194 e. The van der Waals surface area contributed by atoms with Gasteiger partial charge in [-0.3, -0.25) is 0 Å². The first-order valence-corrected chi connectivity index (χ1v) is 9.26. The monoisotopic (exact) mass is 481 g/mol. The number of para-hydroxylation sites is 1. The third-order valence-corrected chi connectivity index (χ3v) is 4.38. The van der Waals surface area contributed by atoms with Gasteiger partial charge in [0, 0.05) is 25.2 Å². The number of aliphatic hydroxyl groups is 1. The molecule has 5 nitrogen and oxygen atoms in total. The Morgan fingerprint density at radius 1 is 1.19 bits per heavy atom. The topological polar surface area (TPSA) is 57.1 Å². The van der Waals surface area contributed by atoms with E-state index in [0.29, 0.717) is 19.7 Å². The van der Waals surface area contributed by atoms with Gasteiger partial charge in [0.15, 0.2) is 5.96 Å². The highest BCUT2D eigenvalue weighted by Gasteiger charge is 2.22. The third-order valence-electron chi connectivity index (χ3n) is 4.38. The van der Waals surface area contributed by atoms with Gasteiger partial charge in [0.2, 0.25) is 0 Å². The molecule has 0 amide bonds. The van der Waals surface area contributed by atoms with Crippen LogP contribution in [0.25, 0.3) is 11.1 Å². The Kier molecular flexibility index (Phi) is 8.87. The zero-order chi connectivity index (χ0) is 18.2. The molecule has 0 aliphatic carbocycles. The maximum atomic E-state index is 9.73. The fourth-order valence-corrected chi connectivity index (χ4v) is 3.12. The van der Waals surface area contributed by atoms with Crippen LogP contribution in [-0.2, 0) is 0 Å². The number of aliphatic hydroxyl groups excluding tert-OH is 1. The summed E-state index contributed by atoms with van der Waals surface area (Å²) in [6, 6.07) is 18.3. The molecule has 6 heteroatoms. The fourth-order valence-electron chi connectivity index (χ4n) is 3.12. The van der Waals surface area contributed by atoms with Crippen molar-refractivity contribution in [3.05, 3.63) is 54.6 Å². The van der Waals surface area contributed by atoms with Gasteiger partial charge in [-0.1, -0.05) is 48.5 Å². The van der Waals surface area contributed by atoms with Crippen LogP contribution in [0.1, 0.15) is 13.3 Å². The van der Waals surface area contributed by atoms with Crippen molar-refractivity contribution in [3.63, 3.8) is 0 Å². The van der Waals surface area contributed by atoms with Gasteiger partial charge in [-0.2, -0.15) is 0 Å². The number of likely N-dealkylation sites (tertiary alicyclic amines) is 1. The van der Waals surface area contributed by atoms with Gasteiger partial charge < -0.3 is 20.1 Å². The van der Waals surface area contributed by atoms with Crippen LogP contribution in [0.5, 0.6) is 5.75 Å². The Bertz CT molecular complexity index is 724. The highest BCUT2D eigenvalue weighted by atomic mass is 127. The standard InChI is InChI=1S/C21H27N3O2.HI/c1-2-22-21(24-14-12-18(25)16-24)23-13-15-26-20-11-7-6-10-19(20)17-8-4-3-5-9-17;/h3-11,18,25H,2,12-16H2,1H3,(H,22,23);1H/t18-;/m1./s1. The van der Waals surface area contributed by atoms with Gasteiger partial charge in [0.05, 0.1) is 12.6 Å². The molecule has 0 unspecified atom stereocenters. The summed E-state index contributed by atoms with van der Waals surface area (Å²) in [5.41, 5.74) is 2.23. The van der Waals surface area contributed by atoms with Crippen molar-refractivity contribution >= 4 is 29.9 Å². The molecular weight excluding hydrogens is 453 g/mol. The van der Waals surface area contributed by atoms with Crippen LogP contribution in [0.15, 0.2) is 59.6 Å². The number of ether oxygens (including phenoxy) is 1. The lowest BCUT2D eigenvalue weighted by molar-refractivity contribution is 0.187. The van der Waals surface area contributed by atoms with E-state index in [1.54, 1.807) is 0 Å². The van der Waals surface area contributed by atoms with Gasteiger partial charge in [-0.25, -0.2) is 4.99 Å². The van der Waals surface area contributed by atoms with Gasteiger partial charge in [-0.15, -0.1) is 24.0 Å². The second-order valence-corrected chi connectivity index (χ2v) is 6.33. The van der Waals surface area contributed by atoms with E-state index in [-0.39, 0.29) is 30.1 Å². The van der Waals surface area contributed by atoms with Gasteiger partial charge >= 0.3 is 0 Å². The fraction of sp³-hybridized carbons (Fsp3) is 0.381. The molecule has 1 fully saturated rings. The zero-order valence-corrected chi connectivity index (χ0v) is 18.0. The predicted octanol–water partition coefficient (Wildman–Crippen LogP) is 3.38. The molecule has 0 spiro atoms. The van der Waals surface area contributed by atoms with Crippen LogP contribution in [-0.4, -0.2) is 54.9 Å². The second-order valence-electron chi connectivity index (χ2n) is 6.33. The minimum atomic E-state index is -0.257. The summed E-state index contributed by atoms with van der Waals surface area (Å²) in [5.74, 6) is 1.72. The highest BCUT2D eigenvalue weighted by molar-refractivity contribution is 14.0. The minimum absolute atomic E-state index is 0. The van der Waals surface area contributed by atoms with Crippen LogP contribution in [0.2, 0.25) is 0 Å². The van der Waals surface area contributed by atoms with Crippen LogP contribution < -0.4 is 10.1 Å². The van der Waals surface area contributed by atoms with Crippen molar-refractivity contribution < 1.29 is 9.84 Å². The van der Waals surface area contributed by atoms with Crippen LogP contribution in [0.4, 0.5) is 0 Å². The molecule has 0 bridgehead atoms. The van der Waals surface area contributed by atoms with E-state index >= 15 is 0 Å². The highest BCUT2D eigenvalue weighted by Crippen LogP contribution is 2.29. The van der Waals surface area contributed by atoms with Crippen LogP contribution in [0.3, 0.4) is 0 Å². The summed E-state index contributed by atoms with van der Waals surface area (Å²) < 4.78 is 6.00. The van der Waals surface area contributed by atoms with Crippen molar-refractivity contribution in [1.29, 1.82) is 0 Å². The molecule has 1 aliphatic rings. The first kappa shape index (κ1) is 21.5. The molecule has 1 heterocycles. The van der Waals surface area contributed by atoms with E-state index in [9.17, 15) is 5.11 Å². The van der Waals surface area contributed by atoms with Gasteiger partial charge in [0.1, 0.15) is 12.4 Å². The van der Waals surface area contributed by atoms with Crippen molar-refractivity contribution in [2.24, 2.45) is 4.99 Å². The molecular formula is C21H28IN3O2. The molecule has 0 radical (unpaired) electrons. The Labute approximate surface area is 178 Å². The Morgan fingerprint density at radius 3 is 2.63 bits per heavy atom. The number of halogens is 1. The predicted molar refractivity (Wildman–Crippen MR) is 121 cm³/mol. The molecule has 0 aromatic heterocycles. The Hall–Kier alpha value is -1.80. The lowest BCUT2D eigenvalue weighted by Gasteiger charge is -2.21. The lowest BCUT2D eigenvalue weighted by Crippen LogP contribution is -2.40. The second kappa shape index (κ2) is 11.1. The number of nitrogens with one attached hydrogen (secondary N) is 1. The summed E-state index contributed by atoms with van der Waals surface area (Å²) in [6.45, 7) is 5.42. The smallest absolute Gasteiger partial charge is 0.194 e. The third kappa shape index (κ3) is 6.10. The molecule has 2 aromatic carbocycles. The summed E-state index contributed by atoms with van der Waals surface area (Å²) in [4.78, 5) is 6.75. The minimum Gasteiger partial charge on any atom is -0.491 e. The maximum absolute atomic E-state index is 9.73. The number of aliphatic imine (C=N–C) groups is 1. The van der Waals surface area contributed by atoms with Crippen molar-refractivity contribution in [3.8, 4) is 16.9 Å². The Morgan fingerprint density at radius 2 is 1.93 bits per heavy atom. The summed E-state index contributed by atoms with van der Waals surface area (Å²) in [6.07, 6.45) is 0.540. The van der Waals surface area contributed by atoms with Crippen molar-refractivity contribution in [2.75, 3.05) is 32.8 Å². The van der Waals surface area contributed by atoms with E-state index in [4.69, 9.17) is 4.74 Å². The molecule has 1 aliphatic heterocycles. The van der Waals surface area contributed by atoms with Gasteiger partial charge in [0.25, 0.3) is 0 Å². The molecule has 3 rings (SSSR count). The summed E-state index contributed by atoms with van der Waals surface area (Å²) in [7, 11) is 0. The molecule has 2 N–H and O–H groups in total. The summed E-state index contributed by atoms with van der Waals surface area (Å²) in [5, 5.41) is 13.0. The first-order chi connectivity index (χ1) is 12.8. The molecule has 0 saturated carbocycles. The van der Waals surface area contributed by atoms with Crippen molar-refractivity contribution in [1.82, 2.24) is 10.2 Å². The lowest BCUT2D eigenvalue weighted by atomic mass is 10.1. The largest absolute Gasteiger partial charge is 0.491 e. The average Bonchev–Trinajstić information content (AvgIpc) is 3.11. The Balaban J connectivity index is 0.00000261. The molecule has 146 valence electrons. The first-order valence-electron chi connectivity index (χ1n) is 9.26. The van der Waals surface area contributed by atoms with E-state index in [0.717, 1.165) is 42.3 Å². The average molecular weight is 481 g/mol. The SMILES string of the molecule is CCNC(=NCCOc1ccccc1-c1ccccc1)N1CC[C@@H](O)C1.I. The number of β-amino-alcohol motifs (C(OH)–C–C–N with tert-alkyl or cyclic N) is 1. The van der Waals surface area contributed by atoms with E-state index in [1.807, 2.05) is 36.4 Å². The quantitative estimate of drug-likeness (QED) is 0.288. The summed E-state index contributed by atoms with van der Waals surface area (Å²) >= 11 is 0. The van der Waals surface area contributed by atoms with Crippen molar-refractivity contribution in [2.45, 2.75) is 19.4 Å². The van der Waals surface area contributed by atoms with E-state index < -0.39 is 0 Å². The molecule has 2 aromatic rings. The van der Waals surface area contributed by atoms with E-state index in [1.165, 1.54) is 0 Å². The molecule has 1 atom stereocenters. The van der Waals surface area contributed by atoms with Gasteiger partial charge in [-0.05, 0) is 25.0 Å². The molecule has 27 heavy (non-hydrogen) atoms. The molecule has 1 saturated heterocycles. The number of hydrogen-bond acceptors (Lipinski definition) is 3. The number of nitrogens with zero attached hydrogens (tertiary/aromatic N) is 2. The van der Waals surface area contributed by atoms with Crippen LogP contribution in [0, 0.1) is 0 Å². The number of rotatable bonds is 6. The van der Waals surface area contributed by atoms with E-state index in [2.05, 4.69) is 40.3 Å². The normalized spacial score (nSPS) is 16.7. The number of benzene rings is 2. The number of guanidine groups is 1. The number of hydrogen-bond donors (Lipinski definition) is 2.